The first kappa shape index (κ1) is 17.6. The van der Waals surface area contributed by atoms with Crippen LogP contribution < -0.4 is 14.7 Å². The van der Waals surface area contributed by atoms with Crippen LogP contribution in [0.4, 0.5) is 17.5 Å². The van der Waals surface area contributed by atoms with Crippen LogP contribution in [0.3, 0.4) is 0 Å². The zero-order chi connectivity index (χ0) is 18.9. The molecule has 3 heterocycles. The van der Waals surface area contributed by atoms with Gasteiger partial charge >= 0.3 is 0 Å². The Balaban J connectivity index is 1.42. The molecule has 6 heteroatoms. The van der Waals surface area contributed by atoms with Crippen molar-refractivity contribution in [2.75, 3.05) is 54.0 Å². The molecule has 0 N–H and O–H groups in total. The van der Waals surface area contributed by atoms with E-state index in [0.717, 1.165) is 72.6 Å². The van der Waals surface area contributed by atoms with Gasteiger partial charge in [-0.15, -0.1) is 0 Å². The molecule has 1 aromatic heterocycles. The minimum atomic E-state index is 0.814. The Morgan fingerprint density at radius 3 is 2.14 bits per heavy atom. The maximum Gasteiger partial charge on any atom is 0.228 e. The number of halogens is 1. The van der Waals surface area contributed by atoms with E-state index in [1.165, 1.54) is 12.8 Å². The van der Waals surface area contributed by atoms with Gasteiger partial charge in [-0.2, -0.15) is 4.98 Å². The molecule has 0 aliphatic carbocycles. The molecule has 144 valence electrons. The Morgan fingerprint density at radius 1 is 0.679 bits per heavy atom. The van der Waals surface area contributed by atoms with Crippen molar-refractivity contribution in [1.29, 1.82) is 0 Å². The summed E-state index contributed by atoms with van der Waals surface area (Å²) in [6.07, 6.45) is 2.48. The zero-order valence-corrected chi connectivity index (χ0v) is 16.6. The van der Waals surface area contributed by atoms with Gasteiger partial charge in [-0.05, 0) is 37.1 Å². The van der Waals surface area contributed by atoms with Crippen LogP contribution in [0.1, 0.15) is 12.8 Å². The van der Waals surface area contributed by atoms with Gasteiger partial charge in [0.2, 0.25) is 5.95 Å². The molecule has 5 rings (SSSR count). The van der Waals surface area contributed by atoms with Crippen LogP contribution >= 0.6 is 11.6 Å². The average Bonchev–Trinajstić information content (AvgIpc) is 3.28. The monoisotopic (exact) mass is 393 g/mol. The number of benzene rings is 2. The molecular weight excluding hydrogens is 370 g/mol. The van der Waals surface area contributed by atoms with Gasteiger partial charge in [0.05, 0.1) is 16.2 Å². The quantitative estimate of drug-likeness (QED) is 0.666. The van der Waals surface area contributed by atoms with Crippen molar-refractivity contribution >= 4 is 40.0 Å². The van der Waals surface area contributed by atoms with E-state index in [0.29, 0.717) is 0 Å². The molecule has 2 fully saturated rings. The number of hydrogen-bond donors (Lipinski definition) is 0. The van der Waals surface area contributed by atoms with Crippen molar-refractivity contribution in [2.45, 2.75) is 12.8 Å². The van der Waals surface area contributed by atoms with Crippen LogP contribution in [0.2, 0.25) is 5.02 Å². The van der Waals surface area contributed by atoms with Gasteiger partial charge in [-0.25, -0.2) is 4.98 Å². The first-order chi connectivity index (χ1) is 13.8. The van der Waals surface area contributed by atoms with Crippen molar-refractivity contribution in [3.8, 4) is 0 Å². The third-order valence-corrected chi connectivity index (χ3v) is 6.05. The SMILES string of the molecule is Clc1ccccc1N1CCN(c2nc(N3CCCC3)c3ccccc3n2)CC1. The van der Waals surface area contributed by atoms with Crippen LogP contribution in [0, 0.1) is 0 Å². The van der Waals surface area contributed by atoms with Gasteiger partial charge in [0.15, 0.2) is 0 Å². The van der Waals surface area contributed by atoms with Crippen LogP contribution in [-0.4, -0.2) is 49.2 Å². The van der Waals surface area contributed by atoms with Crippen LogP contribution in [0.5, 0.6) is 0 Å². The molecule has 3 aromatic rings. The summed E-state index contributed by atoms with van der Waals surface area (Å²) in [5, 5.41) is 1.97. The maximum atomic E-state index is 6.38. The number of fused-ring (bicyclic) bond motifs is 1. The fourth-order valence-electron chi connectivity index (χ4n) is 4.21. The molecule has 2 aliphatic heterocycles. The lowest BCUT2D eigenvalue weighted by molar-refractivity contribution is 0.641. The molecule has 0 bridgehead atoms. The fourth-order valence-corrected chi connectivity index (χ4v) is 4.47. The van der Waals surface area contributed by atoms with E-state index in [4.69, 9.17) is 21.6 Å². The largest absolute Gasteiger partial charge is 0.367 e. The lowest BCUT2D eigenvalue weighted by atomic mass is 10.2. The summed E-state index contributed by atoms with van der Waals surface area (Å²) in [6.45, 7) is 5.78. The highest BCUT2D eigenvalue weighted by Crippen LogP contribution is 2.30. The molecule has 0 amide bonds. The highest BCUT2D eigenvalue weighted by atomic mass is 35.5. The molecule has 5 nitrogen and oxygen atoms in total. The number of nitrogens with zero attached hydrogens (tertiary/aromatic N) is 5. The summed E-state index contributed by atoms with van der Waals surface area (Å²) in [6, 6.07) is 16.4. The molecule has 0 radical (unpaired) electrons. The lowest BCUT2D eigenvalue weighted by Gasteiger charge is -2.36. The van der Waals surface area contributed by atoms with Gasteiger partial charge in [-0.1, -0.05) is 35.9 Å². The smallest absolute Gasteiger partial charge is 0.228 e. The second-order valence-corrected chi connectivity index (χ2v) is 7.89. The Hall–Kier alpha value is -2.53. The normalized spacial score (nSPS) is 17.5. The summed E-state index contributed by atoms with van der Waals surface area (Å²) in [5.41, 5.74) is 2.14. The molecule has 0 spiro atoms. The van der Waals surface area contributed by atoms with E-state index in [9.17, 15) is 0 Å². The molecule has 0 atom stereocenters. The second kappa shape index (κ2) is 7.47. The second-order valence-electron chi connectivity index (χ2n) is 7.48. The number of anilines is 3. The first-order valence-corrected chi connectivity index (χ1v) is 10.4. The molecule has 0 unspecified atom stereocenters. The number of piperazine rings is 1. The van der Waals surface area contributed by atoms with Gasteiger partial charge in [0.1, 0.15) is 5.82 Å². The van der Waals surface area contributed by atoms with Crippen LogP contribution in [0.25, 0.3) is 10.9 Å². The first-order valence-electron chi connectivity index (χ1n) is 10.1. The predicted molar refractivity (Wildman–Crippen MR) is 117 cm³/mol. The minimum absolute atomic E-state index is 0.814. The maximum absolute atomic E-state index is 6.38. The third kappa shape index (κ3) is 3.24. The number of para-hydroxylation sites is 2. The number of aromatic nitrogens is 2. The van der Waals surface area contributed by atoms with Crippen molar-refractivity contribution in [3.63, 3.8) is 0 Å². The summed E-state index contributed by atoms with van der Waals surface area (Å²) in [4.78, 5) is 17.0. The molecule has 2 saturated heterocycles. The Labute approximate surface area is 170 Å². The van der Waals surface area contributed by atoms with Gasteiger partial charge < -0.3 is 14.7 Å². The van der Waals surface area contributed by atoms with E-state index in [1.54, 1.807) is 0 Å². The average molecular weight is 394 g/mol. The van der Waals surface area contributed by atoms with Crippen molar-refractivity contribution < 1.29 is 0 Å². The van der Waals surface area contributed by atoms with E-state index < -0.39 is 0 Å². The lowest BCUT2D eigenvalue weighted by Crippen LogP contribution is -2.47. The van der Waals surface area contributed by atoms with Crippen molar-refractivity contribution in [1.82, 2.24) is 9.97 Å². The molecule has 2 aromatic carbocycles. The summed E-state index contributed by atoms with van der Waals surface area (Å²) in [7, 11) is 0. The van der Waals surface area contributed by atoms with E-state index in [-0.39, 0.29) is 0 Å². The highest BCUT2D eigenvalue weighted by Gasteiger charge is 2.23. The van der Waals surface area contributed by atoms with Gasteiger partial charge in [-0.3, -0.25) is 0 Å². The van der Waals surface area contributed by atoms with Gasteiger partial charge in [0, 0.05) is 44.7 Å². The standard InChI is InChI=1S/C22H24ClN5/c23-18-8-2-4-10-20(18)26-13-15-28(16-14-26)22-24-19-9-3-1-7-17(19)21(25-22)27-11-5-6-12-27/h1-4,7-10H,5-6,11-16H2. The Bertz CT molecular complexity index is 978. The van der Waals surface area contributed by atoms with Crippen LogP contribution in [-0.2, 0) is 0 Å². The van der Waals surface area contributed by atoms with Gasteiger partial charge in [0.25, 0.3) is 0 Å². The predicted octanol–water partition coefficient (Wildman–Crippen LogP) is 4.21. The van der Waals surface area contributed by atoms with E-state index in [2.05, 4.69) is 45.0 Å². The minimum Gasteiger partial charge on any atom is -0.367 e. The highest BCUT2D eigenvalue weighted by molar-refractivity contribution is 6.33. The molecule has 0 saturated carbocycles. The summed E-state index contributed by atoms with van der Waals surface area (Å²) in [5.74, 6) is 1.94. The summed E-state index contributed by atoms with van der Waals surface area (Å²) >= 11 is 6.38. The zero-order valence-electron chi connectivity index (χ0n) is 15.9. The Morgan fingerprint density at radius 2 is 1.36 bits per heavy atom. The van der Waals surface area contributed by atoms with Crippen molar-refractivity contribution in [2.24, 2.45) is 0 Å². The topological polar surface area (TPSA) is 35.5 Å². The number of rotatable bonds is 3. The Kier molecular flexibility index (Phi) is 4.69. The fraction of sp³-hybridized carbons (Fsp3) is 0.364. The van der Waals surface area contributed by atoms with Crippen molar-refractivity contribution in [3.05, 3.63) is 53.6 Å². The molecule has 28 heavy (non-hydrogen) atoms. The molecule has 2 aliphatic rings. The van der Waals surface area contributed by atoms with E-state index in [1.807, 2.05) is 18.2 Å². The van der Waals surface area contributed by atoms with E-state index >= 15 is 0 Å². The summed E-state index contributed by atoms with van der Waals surface area (Å²) < 4.78 is 0. The van der Waals surface area contributed by atoms with Crippen LogP contribution in [0.15, 0.2) is 48.5 Å². The number of hydrogen-bond acceptors (Lipinski definition) is 5. The molecular formula is C22H24ClN5. The third-order valence-electron chi connectivity index (χ3n) is 5.73.